The van der Waals surface area contributed by atoms with Gasteiger partial charge >= 0.3 is 7.12 Å². The van der Waals surface area contributed by atoms with Crippen LogP contribution in [0.15, 0.2) is 60.7 Å². The highest BCUT2D eigenvalue weighted by molar-refractivity contribution is 6.62. The fourth-order valence-corrected chi connectivity index (χ4v) is 4.09. The topological polar surface area (TPSA) is 77.4 Å². The third-order valence-corrected chi connectivity index (χ3v) is 6.56. The number of aromatic nitrogens is 1. The van der Waals surface area contributed by atoms with Crippen LogP contribution >= 0.6 is 0 Å². The second-order valence-corrected chi connectivity index (χ2v) is 9.05. The Kier molecular flexibility index (Phi) is 4.26. The molecule has 0 spiro atoms. The lowest BCUT2D eigenvalue weighted by Gasteiger charge is -2.32. The summed E-state index contributed by atoms with van der Waals surface area (Å²) in [4.78, 5) is 14.6. The van der Waals surface area contributed by atoms with Crippen LogP contribution in [0, 0.1) is 10.1 Å². The molecule has 2 heterocycles. The zero-order chi connectivity index (χ0) is 22.0. The van der Waals surface area contributed by atoms with Crippen molar-refractivity contribution in [2.75, 3.05) is 0 Å². The van der Waals surface area contributed by atoms with Crippen molar-refractivity contribution < 1.29 is 14.2 Å². The van der Waals surface area contributed by atoms with Gasteiger partial charge in [-0.05, 0) is 63.0 Å². The van der Waals surface area contributed by atoms with Crippen LogP contribution in [0.1, 0.15) is 27.7 Å². The number of benzene rings is 3. The summed E-state index contributed by atoms with van der Waals surface area (Å²) in [6.45, 7) is 8.15. The van der Waals surface area contributed by atoms with Crippen molar-refractivity contribution >= 4 is 40.1 Å². The number of hydrogen-bond donors (Lipinski definition) is 1. The van der Waals surface area contributed by atoms with E-state index in [1.165, 1.54) is 6.07 Å². The van der Waals surface area contributed by atoms with Crippen molar-refractivity contribution in [3.05, 3.63) is 70.8 Å². The number of nitro groups is 1. The van der Waals surface area contributed by atoms with Crippen LogP contribution in [-0.2, 0) is 9.31 Å². The van der Waals surface area contributed by atoms with Gasteiger partial charge in [0, 0.05) is 27.9 Å². The highest BCUT2D eigenvalue weighted by Gasteiger charge is 2.51. The summed E-state index contributed by atoms with van der Waals surface area (Å²) in [5.74, 6) is 0. The standard InChI is InChI=1S/C24H23BN2O4/c1-23(2)24(3,4)31-25(30-23)16-10-12-21-19(14-16)18-13-15(9-11-20(18)26-21)17-7-5-6-8-22(17)27(28)29/h5-14,26H,1-4H3. The van der Waals surface area contributed by atoms with Crippen LogP contribution in [0.2, 0.25) is 0 Å². The van der Waals surface area contributed by atoms with Gasteiger partial charge in [-0.1, -0.05) is 30.3 Å². The molecule has 0 amide bonds. The van der Waals surface area contributed by atoms with Gasteiger partial charge in [-0.25, -0.2) is 0 Å². The molecule has 0 atom stereocenters. The molecule has 0 radical (unpaired) electrons. The zero-order valence-corrected chi connectivity index (χ0v) is 17.9. The van der Waals surface area contributed by atoms with Crippen LogP contribution < -0.4 is 5.46 Å². The molecule has 0 unspecified atom stereocenters. The Balaban J connectivity index is 1.63. The fraction of sp³-hybridized carbons (Fsp3) is 0.250. The summed E-state index contributed by atoms with van der Waals surface area (Å²) in [7, 11) is -0.447. The lowest BCUT2D eigenvalue weighted by atomic mass is 9.78. The van der Waals surface area contributed by atoms with Gasteiger partial charge in [0.2, 0.25) is 0 Å². The smallest absolute Gasteiger partial charge is 0.399 e. The Morgan fingerprint density at radius 3 is 2.16 bits per heavy atom. The predicted molar refractivity (Wildman–Crippen MR) is 124 cm³/mol. The van der Waals surface area contributed by atoms with Gasteiger partial charge in [-0.3, -0.25) is 10.1 Å². The highest BCUT2D eigenvalue weighted by atomic mass is 16.7. The van der Waals surface area contributed by atoms with E-state index in [9.17, 15) is 10.1 Å². The third-order valence-electron chi connectivity index (χ3n) is 6.56. The van der Waals surface area contributed by atoms with Gasteiger partial charge in [-0.15, -0.1) is 0 Å². The summed E-state index contributed by atoms with van der Waals surface area (Å²) in [6.07, 6.45) is 0. The Labute approximate surface area is 180 Å². The van der Waals surface area contributed by atoms with E-state index >= 15 is 0 Å². The maximum atomic E-state index is 11.5. The van der Waals surface area contributed by atoms with Crippen molar-refractivity contribution in [1.82, 2.24) is 4.98 Å². The van der Waals surface area contributed by atoms with E-state index in [1.54, 1.807) is 12.1 Å². The maximum Gasteiger partial charge on any atom is 0.494 e. The molecular formula is C24H23BN2O4. The minimum atomic E-state index is -0.447. The lowest BCUT2D eigenvalue weighted by Crippen LogP contribution is -2.41. The van der Waals surface area contributed by atoms with Crippen molar-refractivity contribution in [2.45, 2.75) is 38.9 Å². The normalized spacial score (nSPS) is 17.5. The Bertz CT molecular complexity index is 1330. The van der Waals surface area contributed by atoms with Crippen LogP contribution in [0.4, 0.5) is 5.69 Å². The number of rotatable bonds is 3. The average Bonchev–Trinajstić information content (AvgIpc) is 3.20. The lowest BCUT2D eigenvalue weighted by molar-refractivity contribution is -0.384. The number of para-hydroxylation sites is 1. The van der Waals surface area contributed by atoms with E-state index in [1.807, 2.05) is 64.1 Å². The first kappa shape index (κ1) is 19.8. The van der Waals surface area contributed by atoms with Crippen LogP contribution in [0.5, 0.6) is 0 Å². The number of H-pyrrole nitrogens is 1. The van der Waals surface area contributed by atoms with E-state index in [4.69, 9.17) is 9.31 Å². The number of nitrogens with zero attached hydrogens (tertiary/aromatic N) is 1. The number of nitro benzene ring substituents is 1. The predicted octanol–water partition coefficient (Wildman–Crippen LogP) is 5.20. The summed E-state index contributed by atoms with van der Waals surface area (Å²) in [5, 5.41) is 13.5. The van der Waals surface area contributed by atoms with Gasteiger partial charge in [0.1, 0.15) is 0 Å². The molecule has 1 aromatic heterocycles. The molecular weight excluding hydrogens is 391 g/mol. The molecule has 5 rings (SSSR count). The molecule has 1 saturated heterocycles. The minimum Gasteiger partial charge on any atom is -0.399 e. The summed E-state index contributed by atoms with van der Waals surface area (Å²) in [5.41, 5.74) is 3.60. The first-order valence-electron chi connectivity index (χ1n) is 10.3. The molecule has 1 aliphatic heterocycles. The molecule has 1 fully saturated rings. The molecule has 3 aromatic carbocycles. The molecule has 1 aliphatic rings. The molecule has 0 saturated carbocycles. The largest absolute Gasteiger partial charge is 0.494 e. The molecule has 31 heavy (non-hydrogen) atoms. The molecule has 6 nitrogen and oxygen atoms in total. The molecule has 4 aromatic rings. The first-order chi connectivity index (χ1) is 14.7. The Hall–Kier alpha value is -3.16. The van der Waals surface area contributed by atoms with Gasteiger partial charge < -0.3 is 14.3 Å². The molecule has 0 aliphatic carbocycles. The number of fused-ring (bicyclic) bond motifs is 3. The molecule has 7 heteroatoms. The van der Waals surface area contributed by atoms with Crippen molar-refractivity contribution in [2.24, 2.45) is 0 Å². The van der Waals surface area contributed by atoms with E-state index in [2.05, 4.69) is 11.1 Å². The highest BCUT2D eigenvalue weighted by Crippen LogP contribution is 2.37. The second-order valence-electron chi connectivity index (χ2n) is 9.05. The summed E-state index contributed by atoms with van der Waals surface area (Å²) in [6, 6.07) is 18.8. The Morgan fingerprint density at radius 1 is 0.871 bits per heavy atom. The average molecular weight is 414 g/mol. The van der Waals surface area contributed by atoms with E-state index < -0.39 is 18.3 Å². The first-order valence-corrected chi connectivity index (χ1v) is 10.3. The van der Waals surface area contributed by atoms with E-state index in [0.717, 1.165) is 32.8 Å². The molecule has 0 bridgehead atoms. The second kappa shape index (κ2) is 6.67. The number of hydrogen-bond acceptors (Lipinski definition) is 4. The quantitative estimate of drug-likeness (QED) is 0.284. The molecule has 1 N–H and O–H groups in total. The summed E-state index contributed by atoms with van der Waals surface area (Å²) < 4.78 is 12.4. The molecule has 156 valence electrons. The van der Waals surface area contributed by atoms with Crippen LogP contribution in [0.25, 0.3) is 32.9 Å². The minimum absolute atomic E-state index is 0.0969. The van der Waals surface area contributed by atoms with E-state index in [0.29, 0.717) is 5.56 Å². The van der Waals surface area contributed by atoms with Crippen LogP contribution in [-0.4, -0.2) is 28.2 Å². The SMILES string of the molecule is CC1(C)OB(c2ccc3[nH]c4ccc(-c5ccccc5[N+](=O)[O-])cc4c3c2)OC1(C)C. The van der Waals surface area contributed by atoms with Gasteiger partial charge in [0.25, 0.3) is 5.69 Å². The zero-order valence-electron chi connectivity index (χ0n) is 17.9. The van der Waals surface area contributed by atoms with Gasteiger partial charge in [-0.2, -0.15) is 0 Å². The number of nitrogens with one attached hydrogen (secondary N) is 1. The van der Waals surface area contributed by atoms with Crippen LogP contribution in [0.3, 0.4) is 0 Å². The summed E-state index contributed by atoms with van der Waals surface area (Å²) >= 11 is 0. The van der Waals surface area contributed by atoms with Gasteiger partial charge in [0.15, 0.2) is 0 Å². The van der Waals surface area contributed by atoms with Crippen molar-refractivity contribution in [3.63, 3.8) is 0 Å². The fourth-order valence-electron chi connectivity index (χ4n) is 4.09. The Morgan fingerprint density at radius 2 is 1.48 bits per heavy atom. The maximum absolute atomic E-state index is 11.5. The van der Waals surface area contributed by atoms with Crippen molar-refractivity contribution in [3.8, 4) is 11.1 Å². The van der Waals surface area contributed by atoms with Crippen molar-refractivity contribution in [1.29, 1.82) is 0 Å². The number of aromatic amines is 1. The van der Waals surface area contributed by atoms with Gasteiger partial charge in [0.05, 0.1) is 21.7 Å². The van der Waals surface area contributed by atoms with E-state index in [-0.39, 0.29) is 10.6 Å². The monoisotopic (exact) mass is 414 g/mol. The third kappa shape index (κ3) is 3.12.